The molecule has 0 bridgehead atoms. The molecule has 136 valence electrons. The number of benzene rings is 2. The zero-order valence-electron chi connectivity index (χ0n) is 14.7. The topological polar surface area (TPSA) is 75.4 Å². The zero-order valence-corrected chi connectivity index (χ0v) is 14.7. The van der Waals surface area contributed by atoms with E-state index >= 15 is 0 Å². The van der Waals surface area contributed by atoms with E-state index in [1.807, 2.05) is 36.5 Å². The highest BCUT2D eigenvalue weighted by molar-refractivity contribution is 5.89. The fraction of sp³-hybridized carbons (Fsp3) is 0.250. The Bertz CT molecular complexity index is 843. The molecule has 1 aromatic heterocycles. The van der Waals surface area contributed by atoms with Crippen LogP contribution in [0.1, 0.15) is 5.56 Å². The Morgan fingerprint density at radius 1 is 1.08 bits per heavy atom. The molecule has 0 saturated heterocycles. The zero-order chi connectivity index (χ0) is 18.2. The second-order valence-corrected chi connectivity index (χ2v) is 5.86. The predicted molar refractivity (Wildman–Crippen MR) is 103 cm³/mol. The van der Waals surface area contributed by atoms with Gasteiger partial charge in [0, 0.05) is 36.4 Å². The van der Waals surface area contributed by atoms with Gasteiger partial charge in [-0.05, 0) is 42.3 Å². The average Bonchev–Trinajstić information content (AvgIpc) is 3.07. The number of amides is 2. The molecule has 3 rings (SSSR count). The van der Waals surface area contributed by atoms with Crippen LogP contribution in [0.3, 0.4) is 0 Å². The molecule has 1 heterocycles. The number of carbonyl (C=O) groups excluding carboxylic acids is 1. The number of nitrogens with one attached hydrogen (secondary N) is 3. The minimum atomic E-state index is -0.224. The molecule has 0 aliphatic carbocycles. The Balaban J connectivity index is 1.44. The van der Waals surface area contributed by atoms with Crippen molar-refractivity contribution in [3.8, 4) is 5.75 Å². The molecule has 0 fully saturated rings. The average molecular weight is 353 g/mol. The summed E-state index contributed by atoms with van der Waals surface area (Å²) in [5.41, 5.74) is 3.02. The lowest BCUT2D eigenvalue weighted by Crippen LogP contribution is -2.30. The lowest BCUT2D eigenvalue weighted by atomic mass is 10.1. The van der Waals surface area contributed by atoms with Crippen LogP contribution in [0.5, 0.6) is 5.75 Å². The Morgan fingerprint density at radius 2 is 1.88 bits per heavy atom. The summed E-state index contributed by atoms with van der Waals surface area (Å²) >= 11 is 0. The van der Waals surface area contributed by atoms with Crippen molar-refractivity contribution in [3.05, 3.63) is 60.3 Å². The maximum atomic E-state index is 12.0. The van der Waals surface area contributed by atoms with E-state index in [1.54, 1.807) is 19.2 Å². The van der Waals surface area contributed by atoms with Gasteiger partial charge in [0.2, 0.25) is 0 Å². The van der Waals surface area contributed by atoms with E-state index in [0.717, 1.165) is 17.7 Å². The Hall–Kier alpha value is -2.99. The second kappa shape index (κ2) is 8.92. The first-order valence-electron chi connectivity index (χ1n) is 8.58. The van der Waals surface area contributed by atoms with Crippen LogP contribution in [-0.4, -0.2) is 37.9 Å². The van der Waals surface area contributed by atoms with Crippen LogP contribution in [0, 0.1) is 0 Å². The molecule has 6 heteroatoms. The second-order valence-electron chi connectivity index (χ2n) is 5.86. The number of para-hydroxylation sites is 1. The molecule has 3 N–H and O–H groups in total. The number of hydrogen-bond donors (Lipinski definition) is 3. The van der Waals surface area contributed by atoms with Gasteiger partial charge in [-0.2, -0.15) is 0 Å². The number of ether oxygens (including phenoxy) is 2. The SMILES string of the molecule is COCCOc1ccc(NC(=O)NCCc2c[nH]c3ccccc23)cc1. The smallest absolute Gasteiger partial charge is 0.319 e. The van der Waals surface area contributed by atoms with Crippen molar-refractivity contribution >= 4 is 22.6 Å². The van der Waals surface area contributed by atoms with E-state index in [1.165, 1.54) is 10.9 Å². The third-order valence-electron chi connectivity index (χ3n) is 4.02. The minimum Gasteiger partial charge on any atom is -0.491 e. The van der Waals surface area contributed by atoms with E-state index < -0.39 is 0 Å². The van der Waals surface area contributed by atoms with E-state index in [2.05, 4.69) is 21.7 Å². The van der Waals surface area contributed by atoms with Gasteiger partial charge in [0.1, 0.15) is 12.4 Å². The van der Waals surface area contributed by atoms with Gasteiger partial charge in [0.25, 0.3) is 0 Å². The number of carbonyl (C=O) groups is 1. The van der Waals surface area contributed by atoms with Crippen LogP contribution in [0.4, 0.5) is 10.5 Å². The number of methoxy groups -OCH3 is 1. The quantitative estimate of drug-likeness (QED) is 0.542. The van der Waals surface area contributed by atoms with Crippen LogP contribution in [-0.2, 0) is 11.2 Å². The number of anilines is 1. The molecular formula is C20H23N3O3. The highest BCUT2D eigenvalue weighted by Crippen LogP contribution is 2.18. The first-order chi connectivity index (χ1) is 12.8. The van der Waals surface area contributed by atoms with Crippen molar-refractivity contribution in [1.29, 1.82) is 0 Å². The lowest BCUT2D eigenvalue weighted by Gasteiger charge is -2.09. The van der Waals surface area contributed by atoms with Crippen molar-refractivity contribution in [1.82, 2.24) is 10.3 Å². The number of H-pyrrole nitrogens is 1. The molecule has 2 amide bonds. The third kappa shape index (κ3) is 4.77. The summed E-state index contributed by atoms with van der Waals surface area (Å²) in [6.07, 6.45) is 2.76. The fourth-order valence-corrected chi connectivity index (χ4v) is 2.70. The van der Waals surface area contributed by atoms with Gasteiger partial charge in [-0.15, -0.1) is 0 Å². The van der Waals surface area contributed by atoms with Crippen molar-refractivity contribution in [2.24, 2.45) is 0 Å². The predicted octanol–water partition coefficient (Wildman–Crippen LogP) is 3.56. The monoisotopic (exact) mass is 353 g/mol. The van der Waals surface area contributed by atoms with E-state index in [-0.39, 0.29) is 6.03 Å². The van der Waals surface area contributed by atoms with E-state index in [4.69, 9.17) is 9.47 Å². The molecule has 3 aromatic rings. The molecule has 0 spiro atoms. The first kappa shape index (κ1) is 17.8. The van der Waals surface area contributed by atoms with Crippen LogP contribution in [0.25, 0.3) is 10.9 Å². The van der Waals surface area contributed by atoms with Crippen LogP contribution in [0.15, 0.2) is 54.7 Å². The number of aromatic amines is 1. The first-order valence-corrected chi connectivity index (χ1v) is 8.58. The Kier molecular flexibility index (Phi) is 6.11. The number of aromatic nitrogens is 1. The standard InChI is InChI=1S/C20H23N3O3/c1-25-12-13-26-17-8-6-16(7-9-17)23-20(24)21-11-10-15-14-22-19-5-3-2-4-18(15)19/h2-9,14,22H,10-13H2,1H3,(H2,21,23,24). The highest BCUT2D eigenvalue weighted by atomic mass is 16.5. The normalized spacial score (nSPS) is 10.7. The van der Waals surface area contributed by atoms with Gasteiger partial charge in [-0.3, -0.25) is 0 Å². The maximum absolute atomic E-state index is 12.0. The molecule has 0 radical (unpaired) electrons. The summed E-state index contributed by atoms with van der Waals surface area (Å²) in [7, 11) is 1.63. The lowest BCUT2D eigenvalue weighted by molar-refractivity contribution is 0.146. The summed E-state index contributed by atoms with van der Waals surface area (Å²) < 4.78 is 10.4. The summed E-state index contributed by atoms with van der Waals surface area (Å²) in [6, 6.07) is 15.2. The van der Waals surface area contributed by atoms with E-state index in [9.17, 15) is 4.79 Å². The molecule has 0 aliphatic rings. The number of urea groups is 1. The largest absolute Gasteiger partial charge is 0.491 e. The van der Waals surface area contributed by atoms with Crippen LogP contribution >= 0.6 is 0 Å². The molecule has 2 aromatic carbocycles. The van der Waals surface area contributed by atoms with Gasteiger partial charge in [0.05, 0.1) is 6.61 Å². The minimum absolute atomic E-state index is 0.224. The summed E-state index contributed by atoms with van der Waals surface area (Å²) in [5, 5.41) is 6.89. The van der Waals surface area contributed by atoms with Crippen molar-refractivity contribution in [2.75, 3.05) is 32.2 Å². The number of hydrogen-bond acceptors (Lipinski definition) is 3. The van der Waals surface area contributed by atoms with E-state index in [0.29, 0.717) is 25.4 Å². The molecule has 0 atom stereocenters. The molecule has 0 saturated carbocycles. The molecular weight excluding hydrogens is 330 g/mol. The summed E-state index contributed by atoms with van der Waals surface area (Å²) in [6.45, 7) is 1.60. The van der Waals surface area contributed by atoms with Gasteiger partial charge < -0.3 is 25.1 Å². The van der Waals surface area contributed by atoms with Gasteiger partial charge in [-0.25, -0.2) is 4.79 Å². The molecule has 26 heavy (non-hydrogen) atoms. The van der Waals surface area contributed by atoms with Crippen molar-refractivity contribution < 1.29 is 14.3 Å². The third-order valence-corrected chi connectivity index (χ3v) is 4.02. The summed E-state index contributed by atoms with van der Waals surface area (Å²) in [4.78, 5) is 15.3. The molecule has 0 aliphatic heterocycles. The van der Waals surface area contributed by atoms with Gasteiger partial charge >= 0.3 is 6.03 Å². The van der Waals surface area contributed by atoms with Crippen molar-refractivity contribution in [2.45, 2.75) is 6.42 Å². The Morgan fingerprint density at radius 3 is 2.69 bits per heavy atom. The van der Waals surface area contributed by atoms with Gasteiger partial charge in [0.15, 0.2) is 0 Å². The Labute approximate surface area is 152 Å². The number of fused-ring (bicyclic) bond motifs is 1. The number of rotatable bonds is 8. The summed E-state index contributed by atoms with van der Waals surface area (Å²) in [5.74, 6) is 0.743. The fourth-order valence-electron chi connectivity index (χ4n) is 2.70. The molecule has 0 unspecified atom stereocenters. The highest BCUT2D eigenvalue weighted by Gasteiger charge is 2.05. The van der Waals surface area contributed by atoms with Crippen LogP contribution in [0.2, 0.25) is 0 Å². The van der Waals surface area contributed by atoms with Crippen LogP contribution < -0.4 is 15.4 Å². The van der Waals surface area contributed by atoms with Crippen molar-refractivity contribution in [3.63, 3.8) is 0 Å². The molecule has 6 nitrogen and oxygen atoms in total. The van der Waals surface area contributed by atoms with Gasteiger partial charge in [-0.1, -0.05) is 18.2 Å². The maximum Gasteiger partial charge on any atom is 0.319 e.